The van der Waals surface area contributed by atoms with E-state index in [0.717, 1.165) is 16.1 Å². The zero-order valence-corrected chi connectivity index (χ0v) is 14.1. The van der Waals surface area contributed by atoms with Gasteiger partial charge in [-0.2, -0.15) is 0 Å². The van der Waals surface area contributed by atoms with Crippen LogP contribution in [-0.2, 0) is 0 Å². The minimum atomic E-state index is 0.529. The molecule has 22 heavy (non-hydrogen) atoms. The maximum Gasteiger partial charge on any atom is 0.203 e. The van der Waals surface area contributed by atoms with E-state index in [9.17, 15) is 0 Å². The number of hydrogen-bond acceptors (Lipinski definition) is 4. The smallest absolute Gasteiger partial charge is 0.203 e. The largest absolute Gasteiger partial charge is 0.493 e. The molecule has 0 saturated heterocycles. The van der Waals surface area contributed by atoms with Crippen molar-refractivity contribution in [2.24, 2.45) is 0 Å². The average Bonchev–Trinajstić information content (AvgIpc) is 2.51. The Labute approximate surface area is 135 Å². The lowest BCUT2D eigenvalue weighted by Gasteiger charge is -2.15. The van der Waals surface area contributed by atoms with Gasteiger partial charge in [0.15, 0.2) is 11.5 Å². The van der Waals surface area contributed by atoms with E-state index in [0.29, 0.717) is 28.7 Å². The number of methoxy groups -OCH3 is 3. The first-order valence-corrected chi connectivity index (χ1v) is 7.12. The second-order valence-corrected chi connectivity index (χ2v) is 5.21. The maximum absolute atomic E-state index is 6.18. The van der Waals surface area contributed by atoms with Gasteiger partial charge in [0.2, 0.25) is 5.75 Å². The zero-order chi connectivity index (χ0) is 16.3. The van der Waals surface area contributed by atoms with Gasteiger partial charge in [-0.3, -0.25) is 0 Å². The molecule has 0 unspecified atom stereocenters. The highest BCUT2D eigenvalue weighted by Crippen LogP contribution is 2.42. The van der Waals surface area contributed by atoms with Crippen molar-refractivity contribution in [1.29, 1.82) is 0 Å². The molecular formula is C17H19ClO4. The number of halogens is 1. The normalized spacial score (nSPS) is 10.3. The van der Waals surface area contributed by atoms with Crippen molar-refractivity contribution >= 4 is 11.6 Å². The molecule has 0 aromatic heterocycles. The van der Waals surface area contributed by atoms with Gasteiger partial charge < -0.3 is 18.9 Å². The molecule has 2 rings (SSSR count). The monoisotopic (exact) mass is 322 g/mol. The summed E-state index contributed by atoms with van der Waals surface area (Å²) >= 11 is 6.18. The first-order valence-electron chi connectivity index (χ1n) is 6.74. The summed E-state index contributed by atoms with van der Waals surface area (Å²) in [5.74, 6) is 2.91. The fourth-order valence-electron chi connectivity index (χ4n) is 2.22. The minimum absolute atomic E-state index is 0.529. The predicted molar refractivity (Wildman–Crippen MR) is 87.1 cm³/mol. The summed E-state index contributed by atoms with van der Waals surface area (Å²) in [6, 6.07) is 7.28. The second-order valence-electron chi connectivity index (χ2n) is 4.83. The first kappa shape index (κ1) is 16.3. The Morgan fingerprint density at radius 1 is 0.727 bits per heavy atom. The molecule has 0 atom stereocenters. The quantitative estimate of drug-likeness (QED) is 0.794. The van der Waals surface area contributed by atoms with Crippen molar-refractivity contribution < 1.29 is 18.9 Å². The van der Waals surface area contributed by atoms with E-state index < -0.39 is 0 Å². The highest BCUT2D eigenvalue weighted by Gasteiger charge is 2.14. The summed E-state index contributed by atoms with van der Waals surface area (Å²) in [7, 11) is 4.70. The van der Waals surface area contributed by atoms with Gasteiger partial charge in [-0.15, -0.1) is 0 Å². The van der Waals surface area contributed by atoms with Gasteiger partial charge in [-0.05, 0) is 37.1 Å². The van der Waals surface area contributed by atoms with Crippen LogP contribution in [0.15, 0.2) is 24.3 Å². The van der Waals surface area contributed by atoms with Crippen molar-refractivity contribution in [3.63, 3.8) is 0 Å². The van der Waals surface area contributed by atoms with Crippen LogP contribution in [-0.4, -0.2) is 21.3 Å². The average molecular weight is 323 g/mol. The minimum Gasteiger partial charge on any atom is -0.493 e. The molecule has 0 amide bonds. The van der Waals surface area contributed by atoms with Gasteiger partial charge in [0, 0.05) is 17.2 Å². The lowest BCUT2D eigenvalue weighted by molar-refractivity contribution is 0.321. The van der Waals surface area contributed by atoms with E-state index >= 15 is 0 Å². The summed E-state index contributed by atoms with van der Waals surface area (Å²) in [4.78, 5) is 0. The molecule has 0 saturated carbocycles. The summed E-state index contributed by atoms with van der Waals surface area (Å²) in [6.07, 6.45) is 0. The van der Waals surface area contributed by atoms with Crippen molar-refractivity contribution in [2.45, 2.75) is 13.8 Å². The van der Waals surface area contributed by atoms with Crippen LogP contribution in [0.3, 0.4) is 0 Å². The molecule has 0 radical (unpaired) electrons. The second kappa shape index (κ2) is 6.79. The van der Waals surface area contributed by atoms with E-state index in [1.54, 1.807) is 33.5 Å². The van der Waals surface area contributed by atoms with Gasteiger partial charge in [-0.25, -0.2) is 0 Å². The molecule has 0 N–H and O–H groups in total. The fourth-order valence-corrected chi connectivity index (χ4v) is 2.33. The molecule has 0 bridgehead atoms. The van der Waals surface area contributed by atoms with Gasteiger partial charge >= 0.3 is 0 Å². The molecular weight excluding hydrogens is 304 g/mol. The molecule has 0 aliphatic carbocycles. The van der Waals surface area contributed by atoms with E-state index in [1.807, 2.05) is 26.0 Å². The Hall–Kier alpha value is -2.07. The van der Waals surface area contributed by atoms with Crippen LogP contribution in [0.1, 0.15) is 11.1 Å². The van der Waals surface area contributed by atoms with Gasteiger partial charge in [-0.1, -0.05) is 11.6 Å². The van der Waals surface area contributed by atoms with E-state index in [4.69, 9.17) is 30.5 Å². The third kappa shape index (κ3) is 3.22. The summed E-state index contributed by atoms with van der Waals surface area (Å²) < 4.78 is 21.8. The molecule has 118 valence electrons. The maximum atomic E-state index is 6.18. The van der Waals surface area contributed by atoms with E-state index in [-0.39, 0.29) is 0 Å². The van der Waals surface area contributed by atoms with Gasteiger partial charge in [0.25, 0.3) is 0 Å². The van der Waals surface area contributed by atoms with Crippen LogP contribution < -0.4 is 18.9 Å². The van der Waals surface area contributed by atoms with Crippen LogP contribution in [0.25, 0.3) is 0 Å². The highest BCUT2D eigenvalue weighted by molar-refractivity contribution is 6.32. The van der Waals surface area contributed by atoms with Crippen molar-refractivity contribution in [3.05, 3.63) is 40.4 Å². The SMILES string of the molecule is COc1cc(Oc2cc(C)c(Cl)c(C)c2)cc(OC)c1OC. The molecule has 0 heterocycles. The van der Waals surface area contributed by atoms with Crippen LogP contribution in [0.5, 0.6) is 28.7 Å². The molecule has 2 aromatic rings. The Bertz CT molecular complexity index is 634. The number of hydrogen-bond donors (Lipinski definition) is 0. The van der Waals surface area contributed by atoms with Crippen LogP contribution >= 0.6 is 11.6 Å². The Kier molecular flexibility index (Phi) is 5.03. The topological polar surface area (TPSA) is 36.9 Å². The number of aryl methyl sites for hydroxylation is 2. The van der Waals surface area contributed by atoms with Gasteiger partial charge in [0.1, 0.15) is 11.5 Å². The Morgan fingerprint density at radius 2 is 1.18 bits per heavy atom. The van der Waals surface area contributed by atoms with Crippen LogP contribution in [0.4, 0.5) is 0 Å². The zero-order valence-electron chi connectivity index (χ0n) is 13.3. The number of benzene rings is 2. The van der Waals surface area contributed by atoms with Gasteiger partial charge in [0.05, 0.1) is 21.3 Å². The van der Waals surface area contributed by atoms with Crippen molar-refractivity contribution in [2.75, 3.05) is 21.3 Å². The number of ether oxygens (including phenoxy) is 4. The lowest BCUT2D eigenvalue weighted by atomic mass is 10.1. The summed E-state index contributed by atoms with van der Waals surface area (Å²) in [5, 5.41) is 0.747. The predicted octanol–water partition coefficient (Wildman–Crippen LogP) is 4.77. The van der Waals surface area contributed by atoms with Crippen LogP contribution in [0.2, 0.25) is 5.02 Å². The molecule has 2 aromatic carbocycles. The molecule has 0 fully saturated rings. The Balaban J connectivity index is 2.41. The highest BCUT2D eigenvalue weighted by atomic mass is 35.5. The van der Waals surface area contributed by atoms with E-state index in [1.165, 1.54) is 0 Å². The number of rotatable bonds is 5. The molecule has 4 nitrogen and oxygen atoms in total. The third-order valence-corrected chi connectivity index (χ3v) is 3.88. The standard InChI is InChI=1S/C17H19ClO4/c1-10-6-12(7-11(2)16(10)18)22-13-8-14(19-3)17(21-5)15(9-13)20-4/h6-9H,1-5H3. The first-order chi connectivity index (χ1) is 10.5. The summed E-state index contributed by atoms with van der Waals surface area (Å²) in [6.45, 7) is 3.88. The Morgan fingerprint density at radius 3 is 1.59 bits per heavy atom. The van der Waals surface area contributed by atoms with E-state index in [2.05, 4.69) is 0 Å². The molecule has 0 aliphatic heterocycles. The fraction of sp³-hybridized carbons (Fsp3) is 0.294. The third-order valence-electron chi connectivity index (χ3n) is 3.28. The molecule has 0 aliphatic rings. The summed E-state index contributed by atoms with van der Waals surface area (Å²) in [5.41, 5.74) is 1.92. The van der Waals surface area contributed by atoms with Crippen molar-refractivity contribution in [1.82, 2.24) is 0 Å². The van der Waals surface area contributed by atoms with Crippen LogP contribution in [0, 0.1) is 13.8 Å². The van der Waals surface area contributed by atoms with Crippen molar-refractivity contribution in [3.8, 4) is 28.7 Å². The molecule has 0 spiro atoms. The molecule has 5 heteroatoms. The lowest BCUT2D eigenvalue weighted by Crippen LogP contribution is -1.96.